The van der Waals surface area contributed by atoms with Crippen LogP contribution < -0.4 is 10.6 Å². The molecule has 28 heavy (non-hydrogen) atoms. The summed E-state index contributed by atoms with van der Waals surface area (Å²) in [4.78, 5) is 23.4. The highest BCUT2D eigenvalue weighted by molar-refractivity contribution is 6.04. The number of fused-ring (bicyclic) bond motifs is 1. The Kier molecular flexibility index (Phi) is 5.46. The van der Waals surface area contributed by atoms with E-state index in [1.807, 2.05) is 12.1 Å². The summed E-state index contributed by atoms with van der Waals surface area (Å²) in [5, 5.41) is 16.7. The molecule has 4 rings (SSSR count). The van der Waals surface area contributed by atoms with Gasteiger partial charge in [0.1, 0.15) is 17.6 Å². The van der Waals surface area contributed by atoms with Gasteiger partial charge in [0.2, 0.25) is 5.91 Å². The predicted octanol–water partition coefficient (Wildman–Crippen LogP) is 0.536. The Labute approximate surface area is 165 Å². The summed E-state index contributed by atoms with van der Waals surface area (Å²) in [5.74, 6) is 1.25. The van der Waals surface area contributed by atoms with E-state index in [1.54, 1.807) is 20.0 Å². The van der Waals surface area contributed by atoms with Crippen LogP contribution in [-0.4, -0.2) is 65.7 Å². The number of hydrogen-bond donors (Lipinski definition) is 3. The van der Waals surface area contributed by atoms with Gasteiger partial charge in [-0.3, -0.25) is 25.0 Å². The lowest BCUT2D eigenvalue weighted by atomic mass is 9.98. The molecule has 0 aromatic carbocycles. The number of piperazine rings is 1. The molecule has 3 aliphatic rings. The molecule has 4 heterocycles. The van der Waals surface area contributed by atoms with E-state index in [-0.39, 0.29) is 18.1 Å². The lowest BCUT2D eigenvalue weighted by Gasteiger charge is -2.42. The smallest absolute Gasteiger partial charge is 0.239 e. The van der Waals surface area contributed by atoms with E-state index >= 15 is 0 Å². The van der Waals surface area contributed by atoms with Gasteiger partial charge in [0.25, 0.3) is 0 Å². The Balaban J connectivity index is 1.49. The molecule has 1 aromatic heterocycles. The zero-order valence-corrected chi connectivity index (χ0v) is 16.5. The summed E-state index contributed by atoms with van der Waals surface area (Å²) < 4.78 is 5.46. The molecule has 3 aliphatic heterocycles. The molecule has 1 amide bonds. The molecule has 2 unspecified atom stereocenters. The number of aromatic nitrogens is 1. The van der Waals surface area contributed by atoms with Crippen LogP contribution >= 0.6 is 0 Å². The molecule has 0 aliphatic carbocycles. The second-order valence-corrected chi connectivity index (χ2v) is 8.42. The first-order valence-electron chi connectivity index (χ1n) is 10.0. The van der Waals surface area contributed by atoms with Gasteiger partial charge in [-0.15, -0.1) is 0 Å². The molecule has 1 aromatic rings. The van der Waals surface area contributed by atoms with E-state index < -0.39 is 5.60 Å². The molecule has 0 saturated carbocycles. The fraction of sp³-hybridized carbons (Fsp3) is 0.650. The quantitative estimate of drug-likeness (QED) is 0.697. The number of carbonyl (C=O) groups is 1. The number of aliphatic imine (C=N–C) groups is 1. The Morgan fingerprint density at radius 3 is 2.79 bits per heavy atom. The van der Waals surface area contributed by atoms with Crippen molar-refractivity contribution in [1.82, 2.24) is 20.5 Å². The highest BCUT2D eigenvalue weighted by atomic mass is 16.5. The maximum Gasteiger partial charge on any atom is 0.239 e. The second kappa shape index (κ2) is 7.87. The van der Waals surface area contributed by atoms with Gasteiger partial charge in [0, 0.05) is 26.0 Å². The van der Waals surface area contributed by atoms with Gasteiger partial charge < -0.3 is 15.2 Å². The van der Waals surface area contributed by atoms with E-state index in [4.69, 9.17) is 4.74 Å². The maximum absolute atomic E-state index is 12.1. The number of amidine groups is 1. The Morgan fingerprint density at radius 1 is 1.32 bits per heavy atom. The summed E-state index contributed by atoms with van der Waals surface area (Å²) in [6.07, 6.45) is 3.76. The third-order valence-electron chi connectivity index (χ3n) is 5.69. The van der Waals surface area contributed by atoms with Crippen molar-refractivity contribution in [2.24, 2.45) is 10.9 Å². The summed E-state index contributed by atoms with van der Waals surface area (Å²) in [6, 6.07) is 3.87. The minimum Gasteiger partial charge on any atom is -0.384 e. The van der Waals surface area contributed by atoms with E-state index in [0.717, 1.165) is 38.2 Å². The fourth-order valence-electron chi connectivity index (χ4n) is 4.05. The third kappa shape index (κ3) is 4.25. The van der Waals surface area contributed by atoms with Crippen LogP contribution in [0, 0.1) is 5.92 Å². The minimum absolute atomic E-state index is 0.00138. The van der Waals surface area contributed by atoms with Crippen molar-refractivity contribution in [3.63, 3.8) is 0 Å². The standard InChI is InChI=1S/C20H29N5O3/c1-20(2,27)16-4-3-14(9-21-16)15-10-22-18-19(23-15)25(12-17(26)24-18)11-13-5-7-28-8-6-13/h3-4,9,13,15,19,23,27H,5-8,10-12H2,1-2H3,(H,22,24,26). The molecule has 2 fully saturated rings. The Bertz CT molecular complexity index is 737. The number of ether oxygens (including phenoxy) is 1. The summed E-state index contributed by atoms with van der Waals surface area (Å²) in [6.45, 7) is 6.82. The van der Waals surface area contributed by atoms with Crippen LogP contribution in [0.4, 0.5) is 0 Å². The number of aliphatic hydroxyl groups is 1. The molecule has 0 bridgehead atoms. The van der Waals surface area contributed by atoms with E-state index in [9.17, 15) is 9.90 Å². The monoisotopic (exact) mass is 387 g/mol. The van der Waals surface area contributed by atoms with Crippen molar-refractivity contribution in [3.8, 4) is 0 Å². The predicted molar refractivity (Wildman–Crippen MR) is 105 cm³/mol. The number of hydrogen-bond acceptors (Lipinski definition) is 7. The number of nitrogens with zero attached hydrogens (tertiary/aromatic N) is 3. The number of pyridine rings is 1. The van der Waals surface area contributed by atoms with Gasteiger partial charge in [-0.1, -0.05) is 6.07 Å². The molecule has 2 atom stereocenters. The van der Waals surface area contributed by atoms with Gasteiger partial charge in [0.15, 0.2) is 0 Å². The lowest BCUT2D eigenvalue weighted by Crippen LogP contribution is -2.66. The largest absolute Gasteiger partial charge is 0.384 e. The zero-order valence-electron chi connectivity index (χ0n) is 16.5. The van der Waals surface area contributed by atoms with Crippen LogP contribution in [0.3, 0.4) is 0 Å². The van der Waals surface area contributed by atoms with Crippen molar-refractivity contribution < 1.29 is 14.6 Å². The molecule has 8 nitrogen and oxygen atoms in total. The van der Waals surface area contributed by atoms with Crippen LogP contribution in [0.5, 0.6) is 0 Å². The van der Waals surface area contributed by atoms with Crippen LogP contribution in [0.2, 0.25) is 0 Å². The zero-order chi connectivity index (χ0) is 19.7. The number of nitrogens with one attached hydrogen (secondary N) is 2. The first-order valence-corrected chi connectivity index (χ1v) is 10.0. The first-order chi connectivity index (χ1) is 13.4. The van der Waals surface area contributed by atoms with Crippen LogP contribution in [0.15, 0.2) is 23.3 Å². The van der Waals surface area contributed by atoms with Crippen molar-refractivity contribution >= 4 is 11.7 Å². The number of amides is 1. The SMILES string of the molecule is CC(C)(O)c1ccc(C2CN=C3NC(=O)CN(CC4CCOCC4)C3N2)cn1. The average Bonchev–Trinajstić information content (AvgIpc) is 2.68. The Morgan fingerprint density at radius 2 is 2.11 bits per heavy atom. The van der Waals surface area contributed by atoms with Gasteiger partial charge in [-0.25, -0.2) is 0 Å². The summed E-state index contributed by atoms with van der Waals surface area (Å²) in [7, 11) is 0. The second-order valence-electron chi connectivity index (χ2n) is 8.42. The van der Waals surface area contributed by atoms with E-state index in [2.05, 4.69) is 25.5 Å². The maximum atomic E-state index is 12.1. The van der Waals surface area contributed by atoms with Gasteiger partial charge in [-0.2, -0.15) is 0 Å². The highest BCUT2D eigenvalue weighted by Crippen LogP contribution is 2.24. The van der Waals surface area contributed by atoms with Gasteiger partial charge in [-0.05, 0) is 44.2 Å². The molecule has 0 radical (unpaired) electrons. The molecular weight excluding hydrogens is 358 g/mol. The molecular formula is C20H29N5O3. The average molecular weight is 387 g/mol. The topological polar surface area (TPSA) is 99.1 Å². The first kappa shape index (κ1) is 19.4. The normalized spacial score (nSPS) is 27.1. The van der Waals surface area contributed by atoms with Crippen LogP contribution in [0.1, 0.15) is 44.0 Å². The highest BCUT2D eigenvalue weighted by Gasteiger charge is 2.37. The summed E-state index contributed by atoms with van der Waals surface area (Å²) >= 11 is 0. The Hall–Kier alpha value is -1.87. The van der Waals surface area contributed by atoms with E-state index in [1.165, 1.54) is 0 Å². The van der Waals surface area contributed by atoms with Crippen LogP contribution in [-0.2, 0) is 15.1 Å². The number of rotatable bonds is 4. The van der Waals surface area contributed by atoms with Crippen LogP contribution in [0.25, 0.3) is 0 Å². The molecule has 0 spiro atoms. The molecule has 3 N–H and O–H groups in total. The van der Waals surface area contributed by atoms with Gasteiger partial charge >= 0.3 is 0 Å². The van der Waals surface area contributed by atoms with Crippen molar-refractivity contribution in [2.45, 2.75) is 44.5 Å². The van der Waals surface area contributed by atoms with Gasteiger partial charge in [0.05, 0.1) is 24.8 Å². The number of carbonyl (C=O) groups excluding carboxylic acids is 1. The van der Waals surface area contributed by atoms with Crippen molar-refractivity contribution in [3.05, 3.63) is 29.6 Å². The van der Waals surface area contributed by atoms with Crippen molar-refractivity contribution in [1.29, 1.82) is 0 Å². The lowest BCUT2D eigenvalue weighted by molar-refractivity contribution is -0.123. The molecule has 8 heteroatoms. The van der Waals surface area contributed by atoms with E-state index in [0.29, 0.717) is 30.5 Å². The third-order valence-corrected chi connectivity index (χ3v) is 5.69. The molecule has 2 saturated heterocycles. The summed E-state index contributed by atoms with van der Waals surface area (Å²) in [5.41, 5.74) is 0.707. The molecule has 152 valence electrons. The fourth-order valence-corrected chi connectivity index (χ4v) is 4.05. The minimum atomic E-state index is -0.960. The van der Waals surface area contributed by atoms with Crippen molar-refractivity contribution in [2.75, 3.05) is 32.8 Å².